The summed E-state index contributed by atoms with van der Waals surface area (Å²) in [6.07, 6.45) is 1.87. The van der Waals surface area contributed by atoms with Crippen molar-refractivity contribution in [3.63, 3.8) is 0 Å². The standard InChI is InChI=1S/C10H18O2/c1-7(2)6-9(5)10(11)12-8(3)4/h6-8H,1-5H3. The highest BCUT2D eigenvalue weighted by atomic mass is 16.5. The van der Waals surface area contributed by atoms with Crippen molar-refractivity contribution in [1.29, 1.82) is 0 Å². The van der Waals surface area contributed by atoms with Gasteiger partial charge in [-0.2, -0.15) is 0 Å². The van der Waals surface area contributed by atoms with Gasteiger partial charge in [0.1, 0.15) is 0 Å². The third-order valence-corrected chi connectivity index (χ3v) is 1.25. The fourth-order valence-corrected chi connectivity index (χ4v) is 0.875. The van der Waals surface area contributed by atoms with E-state index in [4.69, 9.17) is 4.74 Å². The van der Waals surface area contributed by atoms with Crippen LogP contribution in [0.1, 0.15) is 34.6 Å². The lowest BCUT2D eigenvalue weighted by atomic mass is 10.1. The lowest BCUT2D eigenvalue weighted by Gasteiger charge is -2.08. The van der Waals surface area contributed by atoms with Crippen LogP contribution in [0.4, 0.5) is 0 Å². The third-order valence-electron chi connectivity index (χ3n) is 1.25. The summed E-state index contributed by atoms with van der Waals surface area (Å²) < 4.78 is 5.01. The van der Waals surface area contributed by atoms with E-state index in [-0.39, 0.29) is 12.1 Å². The zero-order valence-corrected chi connectivity index (χ0v) is 8.55. The molecule has 0 N–H and O–H groups in total. The predicted octanol–water partition coefficient (Wildman–Crippen LogP) is 2.54. The minimum absolute atomic E-state index is 0.0342. The largest absolute Gasteiger partial charge is 0.460 e. The minimum atomic E-state index is -0.210. The fraction of sp³-hybridized carbons (Fsp3) is 0.700. The van der Waals surface area contributed by atoms with E-state index in [0.29, 0.717) is 11.5 Å². The molecule has 0 bridgehead atoms. The number of esters is 1. The highest BCUT2D eigenvalue weighted by Gasteiger charge is 2.07. The maximum absolute atomic E-state index is 11.2. The summed E-state index contributed by atoms with van der Waals surface area (Å²) in [5.41, 5.74) is 0.693. The highest BCUT2D eigenvalue weighted by Crippen LogP contribution is 2.04. The average molecular weight is 170 g/mol. The molecule has 0 atom stereocenters. The first-order chi connectivity index (χ1) is 5.43. The number of allylic oxidation sites excluding steroid dienone is 1. The predicted molar refractivity (Wildman–Crippen MR) is 49.8 cm³/mol. The number of ether oxygens (including phenoxy) is 1. The van der Waals surface area contributed by atoms with Crippen molar-refractivity contribution in [2.45, 2.75) is 40.7 Å². The van der Waals surface area contributed by atoms with Crippen molar-refractivity contribution in [3.8, 4) is 0 Å². The van der Waals surface area contributed by atoms with Crippen molar-refractivity contribution in [3.05, 3.63) is 11.6 Å². The Kier molecular flexibility index (Phi) is 4.64. The van der Waals surface area contributed by atoms with Crippen LogP contribution in [0.5, 0.6) is 0 Å². The number of hydrogen-bond acceptors (Lipinski definition) is 2. The lowest BCUT2D eigenvalue weighted by molar-refractivity contribution is -0.142. The fourth-order valence-electron chi connectivity index (χ4n) is 0.875. The Morgan fingerprint density at radius 2 is 1.75 bits per heavy atom. The first-order valence-corrected chi connectivity index (χ1v) is 4.33. The molecule has 0 amide bonds. The van der Waals surface area contributed by atoms with E-state index in [2.05, 4.69) is 0 Å². The molecular weight excluding hydrogens is 152 g/mol. The number of rotatable bonds is 3. The molecule has 0 aliphatic carbocycles. The van der Waals surface area contributed by atoms with Gasteiger partial charge >= 0.3 is 5.97 Å². The Bertz CT molecular complexity index is 178. The summed E-state index contributed by atoms with van der Waals surface area (Å²) in [4.78, 5) is 11.2. The average Bonchev–Trinajstić information content (AvgIpc) is 1.84. The Balaban J connectivity index is 4.10. The SMILES string of the molecule is CC(=CC(C)C)C(=O)OC(C)C. The summed E-state index contributed by atoms with van der Waals surface area (Å²) in [5.74, 6) is 0.184. The molecule has 0 aromatic carbocycles. The first-order valence-electron chi connectivity index (χ1n) is 4.33. The third kappa shape index (κ3) is 4.94. The van der Waals surface area contributed by atoms with Gasteiger partial charge in [0.15, 0.2) is 0 Å². The lowest BCUT2D eigenvalue weighted by Crippen LogP contribution is -2.12. The molecule has 0 rings (SSSR count). The van der Waals surface area contributed by atoms with Gasteiger partial charge in [-0.25, -0.2) is 4.79 Å². The van der Waals surface area contributed by atoms with Crippen LogP contribution in [0.3, 0.4) is 0 Å². The molecule has 0 saturated heterocycles. The zero-order chi connectivity index (χ0) is 9.72. The summed E-state index contributed by atoms with van der Waals surface area (Å²) in [6, 6.07) is 0. The van der Waals surface area contributed by atoms with E-state index in [0.717, 1.165) is 0 Å². The molecule has 0 spiro atoms. The van der Waals surface area contributed by atoms with Crippen LogP contribution in [0.25, 0.3) is 0 Å². The van der Waals surface area contributed by atoms with E-state index in [1.165, 1.54) is 0 Å². The molecule has 0 fully saturated rings. The molecule has 0 saturated carbocycles. The highest BCUT2D eigenvalue weighted by molar-refractivity contribution is 5.87. The summed E-state index contributed by atoms with van der Waals surface area (Å²) in [5, 5.41) is 0. The van der Waals surface area contributed by atoms with Crippen LogP contribution in [-0.2, 0) is 9.53 Å². The second kappa shape index (κ2) is 4.96. The molecule has 70 valence electrons. The Hall–Kier alpha value is -0.790. The Labute approximate surface area is 74.6 Å². The molecule has 2 nitrogen and oxygen atoms in total. The molecule has 0 aromatic rings. The first kappa shape index (κ1) is 11.2. The van der Waals surface area contributed by atoms with Crippen molar-refractivity contribution in [1.82, 2.24) is 0 Å². The van der Waals surface area contributed by atoms with Gasteiger partial charge in [0.2, 0.25) is 0 Å². The molecule has 0 heterocycles. The molecule has 0 aromatic heterocycles. The molecule has 0 aliphatic heterocycles. The molecule has 0 unspecified atom stereocenters. The second-order valence-electron chi connectivity index (χ2n) is 3.55. The van der Waals surface area contributed by atoms with Gasteiger partial charge in [-0.3, -0.25) is 0 Å². The van der Waals surface area contributed by atoms with Crippen LogP contribution in [0, 0.1) is 5.92 Å². The Morgan fingerprint density at radius 1 is 1.25 bits per heavy atom. The van der Waals surface area contributed by atoms with Crippen LogP contribution in [0.15, 0.2) is 11.6 Å². The Morgan fingerprint density at radius 3 is 2.08 bits per heavy atom. The summed E-state index contributed by atoms with van der Waals surface area (Å²) in [7, 11) is 0. The van der Waals surface area contributed by atoms with Crippen LogP contribution in [0.2, 0.25) is 0 Å². The van der Waals surface area contributed by atoms with Crippen LogP contribution >= 0.6 is 0 Å². The van der Waals surface area contributed by atoms with E-state index in [1.807, 2.05) is 33.8 Å². The van der Waals surface area contributed by atoms with E-state index < -0.39 is 0 Å². The number of carbonyl (C=O) groups is 1. The zero-order valence-electron chi connectivity index (χ0n) is 8.55. The molecule has 0 radical (unpaired) electrons. The number of hydrogen-bond donors (Lipinski definition) is 0. The monoisotopic (exact) mass is 170 g/mol. The van der Waals surface area contributed by atoms with Crippen LogP contribution in [-0.4, -0.2) is 12.1 Å². The van der Waals surface area contributed by atoms with Crippen molar-refractivity contribution in [2.24, 2.45) is 5.92 Å². The minimum Gasteiger partial charge on any atom is -0.460 e. The van der Waals surface area contributed by atoms with Gasteiger partial charge < -0.3 is 4.74 Å². The quantitative estimate of drug-likeness (QED) is 0.480. The number of carbonyl (C=O) groups excluding carboxylic acids is 1. The summed E-state index contributed by atoms with van der Waals surface area (Å²) >= 11 is 0. The van der Waals surface area contributed by atoms with Gasteiger partial charge in [0.05, 0.1) is 6.10 Å². The maximum atomic E-state index is 11.2. The van der Waals surface area contributed by atoms with E-state index in [1.54, 1.807) is 6.92 Å². The normalized spacial score (nSPS) is 12.4. The van der Waals surface area contributed by atoms with Gasteiger partial charge in [0.25, 0.3) is 0 Å². The summed E-state index contributed by atoms with van der Waals surface area (Å²) in [6.45, 7) is 9.55. The maximum Gasteiger partial charge on any atom is 0.333 e. The van der Waals surface area contributed by atoms with Crippen molar-refractivity contribution >= 4 is 5.97 Å². The van der Waals surface area contributed by atoms with Crippen molar-refractivity contribution in [2.75, 3.05) is 0 Å². The van der Waals surface area contributed by atoms with Crippen molar-refractivity contribution < 1.29 is 9.53 Å². The van der Waals surface area contributed by atoms with Gasteiger partial charge in [-0.15, -0.1) is 0 Å². The van der Waals surface area contributed by atoms with Crippen LogP contribution < -0.4 is 0 Å². The second-order valence-corrected chi connectivity index (χ2v) is 3.55. The molecule has 2 heteroatoms. The molecule has 12 heavy (non-hydrogen) atoms. The van der Waals surface area contributed by atoms with E-state index in [9.17, 15) is 4.79 Å². The molecule has 0 aliphatic rings. The smallest absolute Gasteiger partial charge is 0.333 e. The van der Waals surface area contributed by atoms with Gasteiger partial charge in [-0.05, 0) is 26.7 Å². The molecular formula is C10H18O2. The topological polar surface area (TPSA) is 26.3 Å². The van der Waals surface area contributed by atoms with E-state index >= 15 is 0 Å². The van der Waals surface area contributed by atoms with Gasteiger partial charge in [0, 0.05) is 5.57 Å². The van der Waals surface area contributed by atoms with Gasteiger partial charge in [-0.1, -0.05) is 19.9 Å².